The number of rotatable bonds is 5. The van der Waals surface area contributed by atoms with Crippen LogP contribution in [0, 0.1) is 12.7 Å². The molecule has 3 aromatic rings. The number of ketones is 1. The fourth-order valence-corrected chi connectivity index (χ4v) is 3.09. The number of primary sulfonamides is 1. The summed E-state index contributed by atoms with van der Waals surface area (Å²) in [5.41, 5.74) is 0.460. The van der Waals surface area contributed by atoms with Crippen molar-refractivity contribution in [3.05, 3.63) is 65.2 Å². The first kappa shape index (κ1) is 18.7. The molecule has 0 saturated carbocycles. The van der Waals surface area contributed by atoms with Crippen molar-refractivity contribution in [2.45, 2.75) is 11.8 Å². The Morgan fingerprint density at radius 2 is 1.89 bits per heavy atom. The second-order valence-corrected chi connectivity index (χ2v) is 7.30. The maximum Gasteiger partial charge on any atom is 0.341 e. The third kappa shape index (κ3) is 3.74. The number of aryl methyl sites for hydroxylation is 1. The van der Waals surface area contributed by atoms with Crippen LogP contribution in [0.15, 0.2) is 51.8 Å². The molecule has 9 heteroatoms. The third-order valence-electron chi connectivity index (χ3n) is 3.92. The van der Waals surface area contributed by atoms with E-state index in [0.29, 0.717) is 11.1 Å². The van der Waals surface area contributed by atoms with E-state index in [1.165, 1.54) is 0 Å². The largest absolute Gasteiger partial charge is 0.453 e. The van der Waals surface area contributed by atoms with Crippen LogP contribution in [0.5, 0.6) is 0 Å². The van der Waals surface area contributed by atoms with Gasteiger partial charge >= 0.3 is 5.97 Å². The number of ether oxygens (including phenoxy) is 1. The molecule has 0 fully saturated rings. The molecule has 140 valence electrons. The van der Waals surface area contributed by atoms with Gasteiger partial charge in [-0.1, -0.05) is 18.2 Å². The molecule has 0 bridgehead atoms. The molecule has 3 rings (SSSR count). The zero-order chi connectivity index (χ0) is 19.8. The average molecular weight is 391 g/mol. The first-order valence-corrected chi connectivity index (χ1v) is 9.24. The van der Waals surface area contributed by atoms with Crippen molar-refractivity contribution in [3.63, 3.8) is 0 Å². The normalized spacial score (nSPS) is 11.5. The second-order valence-electron chi connectivity index (χ2n) is 5.74. The van der Waals surface area contributed by atoms with Crippen LogP contribution in [0.2, 0.25) is 0 Å². The molecule has 0 unspecified atom stereocenters. The van der Waals surface area contributed by atoms with Crippen LogP contribution in [0.1, 0.15) is 26.5 Å². The van der Waals surface area contributed by atoms with Gasteiger partial charge in [0.2, 0.25) is 15.8 Å². The predicted molar refractivity (Wildman–Crippen MR) is 93.3 cm³/mol. The number of esters is 1. The topological polar surface area (TPSA) is 117 Å². The molecule has 0 amide bonds. The smallest absolute Gasteiger partial charge is 0.341 e. The average Bonchev–Trinajstić information content (AvgIpc) is 2.96. The summed E-state index contributed by atoms with van der Waals surface area (Å²) >= 11 is 0. The summed E-state index contributed by atoms with van der Waals surface area (Å²) in [5.74, 6) is -2.78. The van der Waals surface area contributed by atoms with Crippen molar-refractivity contribution >= 4 is 32.7 Å². The molecule has 0 radical (unpaired) electrons. The van der Waals surface area contributed by atoms with Crippen molar-refractivity contribution in [2.24, 2.45) is 5.14 Å². The lowest BCUT2D eigenvalue weighted by molar-refractivity contribution is 0.0463. The highest BCUT2D eigenvalue weighted by molar-refractivity contribution is 7.89. The van der Waals surface area contributed by atoms with E-state index in [0.717, 1.165) is 23.6 Å². The quantitative estimate of drug-likeness (QED) is 0.528. The highest BCUT2D eigenvalue weighted by Crippen LogP contribution is 2.25. The lowest BCUT2D eigenvalue weighted by Crippen LogP contribution is -2.17. The minimum atomic E-state index is -4.13. The maximum atomic E-state index is 13.8. The number of halogens is 1. The minimum absolute atomic E-state index is 0.0303. The van der Waals surface area contributed by atoms with E-state index in [1.807, 2.05) is 0 Å². The van der Waals surface area contributed by atoms with E-state index in [9.17, 15) is 22.4 Å². The number of fused-ring (bicyclic) bond motifs is 1. The molecule has 27 heavy (non-hydrogen) atoms. The number of carbonyl (C=O) groups is 2. The molecule has 1 aromatic heterocycles. The van der Waals surface area contributed by atoms with Gasteiger partial charge < -0.3 is 9.15 Å². The number of para-hydroxylation sites is 1. The van der Waals surface area contributed by atoms with Gasteiger partial charge in [0, 0.05) is 10.9 Å². The summed E-state index contributed by atoms with van der Waals surface area (Å²) in [6.45, 7) is 0.995. The van der Waals surface area contributed by atoms with Gasteiger partial charge in [-0.2, -0.15) is 0 Å². The van der Waals surface area contributed by atoms with Crippen LogP contribution < -0.4 is 5.14 Å². The lowest BCUT2D eigenvalue weighted by Gasteiger charge is -2.06. The number of furan rings is 1. The molecular formula is C18H14FNO6S. The molecule has 1 heterocycles. The summed E-state index contributed by atoms with van der Waals surface area (Å²) in [6, 6.07) is 9.47. The highest BCUT2D eigenvalue weighted by Gasteiger charge is 2.22. The SMILES string of the molecule is Cc1c(C(=O)COC(=O)c2cc(S(N)(=O)=O)ccc2F)oc2ccccc12. The van der Waals surface area contributed by atoms with Gasteiger partial charge in [-0.05, 0) is 31.2 Å². The van der Waals surface area contributed by atoms with E-state index in [4.69, 9.17) is 14.3 Å². The van der Waals surface area contributed by atoms with Gasteiger partial charge in [0.05, 0.1) is 10.5 Å². The van der Waals surface area contributed by atoms with Crippen molar-refractivity contribution in [2.75, 3.05) is 6.61 Å². The fourth-order valence-electron chi connectivity index (χ4n) is 2.55. The molecule has 2 aromatic carbocycles. The molecular weight excluding hydrogens is 377 g/mol. The van der Waals surface area contributed by atoms with E-state index >= 15 is 0 Å². The van der Waals surface area contributed by atoms with Crippen molar-refractivity contribution < 1.29 is 31.6 Å². The van der Waals surface area contributed by atoms with Gasteiger partial charge in [0.25, 0.3) is 0 Å². The Bertz CT molecular complexity index is 1170. The van der Waals surface area contributed by atoms with Gasteiger partial charge in [0.1, 0.15) is 11.4 Å². The number of benzene rings is 2. The van der Waals surface area contributed by atoms with Crippen molar-refractivity contribution in [1.29, 1.82) is 0 Å². The van der Waals surface area contributed by atoms with Crippen LogP contribution in [0.4, 0.5) is 4.39 Å². The number of hydrogen-bond donors (Lipinski definition) is 1. The summed E-state index contributed by atoms with van der Waals surface area (Å²) in [5, 5.41) is 5.71. The molecule has 0 spiro atoms. The number of carbonyl (C=O) groups excluding carboxylic acids is 2. The van der Waals surface area contributed by atoms with Gasteiger partial charge in [0.15, 0.2) is 12.4 Å². The van der Waals surface area contributed by atoms with Crippen LogP contribution >= 0.6 is 0 Å². The molecule has 0 aliphatic rings. The number of sulfonamides is 1. The Morgan fingerprint density at radius 3 is 2.56 bits per heavy atom. The van der Waals surface area contributed by atoms with Crippen molar-refractivity contribution in [1.82, 2.24) is 0 Å². The Balaban J connectivity index is 1.79. The zero-order valence-corrected chi connectivity index (χ0v) is 14.9. The van der Waals surface area contributed by atoms with Crippen LogP contribution in [-0.2, 0) is 14.8 Å². The molecule has 0 aliphatic carbocycles. The predicted octanol–water partition coefficient (Wildman–Crippen LogP) is 2.57. The summed E-state index contributed by atoms with van der Waals surface area (Å²) in [7, 11) is -4.13. The summed E-state index contributed by atoms with van der Waals surface area (Å²) in [4.78, 5) is 23.9. The van der Waals surface area contributed by atoms with E-state index in [1.54, 1.807) is 31.2 Å². The van der Waals surface area contributed by atoms with Crippen LogP contribution in [-0.4, -0.2) is 26.8 Å². The zero-order valence-electron chi connectivity index (χ0n) is 14.1. The maximum absolute atomic E-state index is 13.8. The molecule has 0 atom stereocenters. The fraction of sp³-hybridized carbons (Fsp3) is 0.111. The Morgan fingerprint density at radius 1 is 1.19 bits per heavy atom. The second kappa shape index (κ2) is 6.93. The standard InChI is InChI=1S/C18H14FNO6S/c1-10-12-4-2-3-5-16(12)26-17(10)15(21)9-25-18(22)13-8-11(27(20,23)24)6-7-14(13)19/h2-8H,9H2,1H3,(H2,20,23,24). The van der Waals surface area contributed by atoms with E-state index < -0.39 is 44.7 Å². The number of Topliss-reactive ketones (excluding diaryl/α,β-unsaturated/α-hetero) is 1. The molecule has 7 nitrogen and oxygen atoms in total. The van der Waals surface area contributed by atoms with Crippen LogP contribution in [0.3, 0.4) is 0 Å². The Kier molecular flexibility index (Phi) is 4.81. The Hall–Kier alpha value is -3.04. The van der Waals surface area contributed by atoms with Gasteiger partial charge in [-0.15, -0.1) is 0 Å². The first-order chi connectivity index (χ1) is 12.7. The minimum Gasteiger partial charge on any atom is -0.453 e. The number of nitrogens with two attached hydrogens (primary N) is 1. The number of hydrogen-bond acceptors (Lipinski definition) is 6. The van der Waals surface area contributed by atoms with Crippen molar-refractivity contribution in [3.8, 4) is 0 Å². The van der Waals surface area contributed by atoms with Gasteiger partial charge in [-0.3, -0.25) is 4.79 Å². The third-order valence-corrected chi connectivity index (χ3v) is 4.83. The Labute approximate surface area is 153 Å². The molecule has 0 aliphatic heterocycles. The molecule has 0 saturated heterocycles. The summed E-state index contributed by atoms with van der Waals surface area (Å²) in [6.07, 6.45) is 0. The van der Waals surface area contributed by atoms with E-state index in [2.05, 4.69) is 0 Å². The molecule has 2 N–H and O–H groups in total. The van der Waals surface area contributed by atoms with E-state index in [-0.39, 0.29) is 5.76 Å². The summed E-state index contributed by atoms with van der Waals surface area (Å²) < 4.78 is 46.8. The lowest BCUT2D eigenvalue weighted by atomic mass is 10.1. The monoisotopic (exact) mass is 391 g/mol. The van der Waals surface area contributed by atoms with Gasteiger partial charge in [-0.25, -0.2) is 22.7 Å². The first-order valence-electron chi connectivity index (χ1n) is 7.69. The highest BCUT2D eigenvalue weighted by atomic mass is 32.2. The van der Waals surface area contributed by atoms with Crippen LogP contribution in [0.25, 0.3) is 11.0 Å².